The van der Waals surface area contributed by atoms with E-state index in [2.05, 4.69) is 5.10 Å². The Kier molecular flexibility index (Phi) is 4.91. The zero-order valence-electron chi connectivity index (χ0n) is 14.2. The van der Waals surface area contributed by atoms with Crippen LogP contribution in [0.3, 0.4) is 0 Å². The second kappa shape index (κ2) is 6.94. The second-order valence-electron chi connectivity index (χ2n) is 6.45. The molecule has 0 N–H and O–H groups in total. The molecule has 3 rings (SSSR count). The van der Waals surface area contributed by atoms with E-state index in [-0.39, 0.29) is 11.8 Å². The van der Waals surface area contributed by atoms with Gasteiger partial charge in [0.1, 0.15) is 0 Å². The van der Waals surface area contributed by atoms with Crippen LogP contribution in [0.2, 0.25) is 0 Å². The topological polar surface area (TPSA) is 58.4 Å². The first-order valence-electron chi connectivity index (χ1n) is 8.19. The third kappa shape index (κ3) is 3.79. The van der Waals surface area contributed by atoms with Gasteiger partial charge in [0.25, 0.3) is 0 Å². The Labute approximate surface area is 143 Å². The third-order valence-corrected chi connectivity index (χ3v) is 6.34. The zero-order chi connectivity index (χ0) is 17.2. The average Bonchev–Trinajstić information content (AvgIpc) is 3.06. The molecule has 0 saturated carbocycles. The molecule has 6 nitrogen and oxygen atoms in total. The van der Waals surface area contributed by atoms with Crippen LogP contribution in [-0.2, 0) is 15.8 Å². The fourth-order valence-electron chi connectivity index (χ4n) is 3.02. The molecule has 1 aromatic heterocycles. The van der Waals surface area contributed by atoms with Crippen molar-refractivity contribution >= 4 is 15.7 Å². The Morgan fingerprint density at radius 2 is 1.83 bits per heavy atom. The molecule has 0 bridgehead atoms. The van der Waals surface area contributed by atoms with Crippen molar-refractivity contribution in [2.75, 3.05) is 32.1 Å². The number of sulfonamides is 1. The fourth-order valence-corrected chi connectivity index (χ4v) is 4.58. The summed E-state index contributed by atoms with van der Waals surface area (Å²) in [5, 5.41) is 4.42. The van der Waals surface area contributed by atoms with E-state index in [9.17, 15) is 8.42 Å². The zero-order valence-corrected chi connectivity index (χ0v) is 15.0. The van der Waals surface area contributed by atoms with Crippen LogP contribution in [0, 0.1) is 0 Å². The standard InChI is InChI=1S/C17H24N4O2S/c1-19(2)17-12-18-21(13-17)16-8-10-20(11-9-16)24(22,23)14-15-6-4-3-5-7-15/h3-7,12-13,16H,8-11,14H2,1-2H3. The van der Waals surface area contributed by atoms with E-state index in [0.29, 0.717) is 13.1 Å². The lowest BCUT2D eigenvalue weighted by molar-refractivity contribution is 0.261. The summed E-state index contributed by atoms with van der Waals surface area (Å²) in [4.78, 5) is 2.02. The van der Waals surface area contributed by atoms with Gasteiger partial charge in [-0.05, 0) is 18.4 Å². The van der Waals surface area contributed by atoms with E-state index in [4.69, 9.17) is 0 Å². The molecule has 0 atom stereocenters. The minimum atomic E-state index is -3.25. The van der Waals surface area contributed by atoms with Crippen molar-refractivity contribution in [1.29, 1.82) is 0 Å². The Balaban J connectivity index is 1.61. The molecule has 0 spiro atoms. The van der Waals surface area contributed by atoms with Gasteiger partial charge in [0.2, 0.25) is 10.0 Å². The van der Waals surface area contributed by atoms with Crippen LogP contribution >= 0.6 is 0 Å². The number of aromatic nitrogens is 2. The number of anilines is 1. The van der Waals surface area contributed by atoms with Gasteiger partial charge < -0.3 is 4.90 Å². The van der Waals surface area contributed by atoms with E-state index in [0.717, 1.165) is 24.1 Å². The van der Waals surface area contributed by atoms with Gasteiger partial charge in [0, 0.05) is 33.4 Å². The molecule has 2 aromatic rings. The van der Waals surface area contributed by atoms with E-state index in [1.54, 1.807) is 4.31 Å². The van der Waals surface area contributed by atoms with Crippen LogP contribution in [-0.4, -0.2) is 49.7 Å². The predicted octanol–water partition coefficient (Wildman–Crippen LogP) is 2.12. The molecule has 0 aliphatic carbocycles. The largest absolute Gasteiger partial charge is 0.375 e. The highest BCUT2D eigenvalue weighted by atomic mass is 32.2. The average molecular weight is 348 g/mol. The molecule has 2 heterocycles. The summed E-state index contributed by atoms with van der Waals surface area (Å²) in [6, 6.07) is 9.62. The number of benzene rings is 1. The molecule has 24 heavy (non-hydrogen) atoms. The molecule has 130 valence electrons. The quantitative estimate of drug-likeness (QED) is 0.830. The SMILES string of the molecule is CN(C)c1cnn(C2CCN(S(=O)(=O)Cc3ccccc3)CC2)c1. The summed E-state index contributed by atoms with van der Waals surface area (Å²) in [5.74, 6) is 0.0745. The first kappa shape index (κ1) is 17.0. The van der Waals surface area contributed by atoms with Crippen molar-refractivity contribution in [3.05, 3.63) is 48.3 Å². The van der Waals surface area contributed by atoms with Crippen molar-refractivity contribution in [2.24, 2.45) is 0 Å². The van der Waals surface area contributed by atoms with Gasteiger partial charge in [-0.1, -0.05) is 30.3 Å². The molecule has 0 radical (unpaired) electrons. The molecule has 1 fully saturated rings. The molecule has 1 aliphatic heterocycles. The van der Waals surface area contributed by atoms with Crippen molar-refractivity contribution in [1.82, 2.24) is 14.1 Å². The second-order valence-corrected chi connectivity index (χ2v) is 8.41. The molecular weight excluding hydrogens is 324 g/mol. The predicted molar refractivity (Wildman–Crippen MR) is 95.5 cm³/mol. The fraction of sp³-hybridized carbons (Fsp3) is 0.471. The maximum absolute atomic E-state index is 12.6. The van der Waals surface area contributed by atoms with Crippen LogP contribution in [0.15, 0.2) is 42.7 Å². The lowest BCUT2D eigenvalue weighted by Crippen LogP contribution is -2.39. The highest BCUT2D eigenvalue weighted by molar-refractivity contribution is 7.88. The highest BCUT2D eigenvalue weighted by Gasteiger charge is 2.29. The summed E-state index contributed by atoms with van der Waals surface area (Å²) < 4.78 is 28.8. The molecule has 1 saturated heterocycles. The Morgan fingerprint density at radius 3 is 2.42 bits per heavy atom. The van der Waals surface area contributed by atoms with Crippen molar-refractivity contribution < 1.29 is 8.42 Å². The van der Waals surface area contributed by atoms with Crippen LogP contribution < -0.4 is 4.90 Å². The van der Waals surface area contributed by atoms with Gasteiger partial charge in [-0.2, -0.15) is 5.10 Å². The highest BCUT2D eigenvalue weighted by Crippen LogP contribution is 2.26. The van der Waals surface area contributed by atoms with E-state index in [1.165, 1.54) is 0 Å². The third-order valence-electron chi connectivity index (χ3n) is 4.49. The lowest BCUT2D eigenvalue weighted by atomic mass is 10.1. The number of hydrogen-bond acceptors (Lipinski definition) is 4. The van der Waals surface area contributed by atoms with Gasteiger partial charge in [-0.25, -0.2) is 12.7 Å². The molecule has 1 aromatic carbocycles. The molecule has 0 amide bonds. The summed E-state index contributed by atoms with van der Waals surface area (Å²) in [5.41, 5.74) is 1.90. The van der Waals surface area contributed by atoms with E-state index >= 15 is 0 Å². The van der Waals surface area contributed by atoms with Gasteiger partial charge in [0.15, 0.2) is 0 Å². The summed E-state index contributed by atoms with van der Waals surface area (Å²) in [7, 11) is 0.718. The number of rotatable bonds is 5. The first-order chi connectivity index (χ1) is 11.5. The maximum Gasteiger partial charge on any atom is 0.218 e. The van der Waals surface area contributed by atoms with Crippen molar-refractivity contribution in [2.45, 2.75) is 24.6 Å². The van der Waals surface area contributed by atoms with Gasteiger partial charge >= 0.3 is 0 Å². The Bertz CT molecular complexity index is 763. The Morgan fingerprint density at radius 1 is 1.17 bits per heavy atom. The van der Waals surface area contributed by atoms with E-state index < -0.39 is 10.0 Å². The van der Waals surface area contributed by atoms with Crippen molar-refractivity contribution in [3.8, 4) is 0 Å². The lowest BCUT2D eigenvalue weighted by Gasteiger charge is -2.31. The number of piperidine rings is 1. The molecule has 7 heteroatoms. The van der Waals surface area contributed by atoms with Gasteiger partial charge in [-0.15, -0.1) is 0 Å². The number of nitrogens with zero attached hydrogens (tertiary/aromatic N) is 4. The minimum Gasteiger partial charge on any atom is -0.375 e. The minimum absolute atomic E-state index is 0.0745. The Hall–Kier alpha value is -1.86. The van der Waals surface area contributed by atoms with Crippen LogP contribution in [0.4, 0.5) is 5.69 Å². The first-order valence-corrected chi connectivity index (χ1v) is 9.80. The monoisotopic (exact) mass is 348 g/mol. The summed E-state index contributed by atoms with van der Waals surface area (Å²) >= 11 is 0. The maximum atomic E-state index is 12.6. The van der Waals surface area contributed by atoms with Crippen LogP contribution in [0.1, 0.15) is 24.4 Å². The van der Waals surface area contributed by atoms with Crippen LogP contribution in [0.25, 0.3) is 0 Å². The van der Waals surface area contributed by atoms with E-state index in [1.807, 2.05) is 66.4 Å². The van der Waals surface area contributed by atoms with Crippen molar-refractivity contribution in [3.63, 3.8) is 0 Å². The number of hydrogen-bond donors (Lipinski definition) is 0. The smallest absolute Gasteiger partial charge is 0.218 e. The summed E-state index contributed by atoms with van der Waals surface area (Å²) in [6.07, 6.45) is 5.46. The molecular formula is C17H24N4O2S. The molecule has 1 aliphatic rings. The normalized spacial score (nSPS) is 17.1. The molecule has 0 unspecified atom stereocenters. The van der Waals surface area contributed by atoms with Crippen LogP contribution in [0.5, 0.6) is 0 Å². The van der Waals surface area contributed by atoms with Gasteiger partial charge in [-0.3, -0.25) is 4.68 Å². The summed E-state index contributed by atoms with van der Waals surface area (Å²) in [6.45, 7) is 1.11. The van der Waals surface area contributed by atoms with Gasteiger partial charge in [0.05, 0.1) is 23.7 Å².